The molecule has 0 fully saturated rings. The first-order chi connectivity index (χ1) is 16.6. The minimum Gasteiger partial charge on any atom is -0.497 e. The van der Waals surface area contributed by atoms with E-state index >= 15 is 0 Å². The molecule has 7 nitrogen and oxygen atoms in total. The van der Waals surface area contributed by atoms with E-state index in [0.717, 1.165) is 22.6 Å². The van der Waals surface area contributed by atoms with E-state index in [1.165, 1.54) is 11.8 Å². The topological polar surface area (TPSA) is 92.8 Å². The number of thioether (sulfide) groups is 1. The predicted octanol–water partition coefficient (Wildman–Crippen LogP) is 5.24. The summed E-state index contributed by atoms with van der Waals surface area (Å²) in [6.45, 7) is 2.04. The molecule has 4 aromatic rings. The van der Waals surface area contributed by atoms with Gasteiger partial charge in [-0.1, -0.05) is 41.6 Å². The summed E-state index contributed by atoms with van der Waals surface area (Å²) in [6, 6.07) is 24.9. The molecular formula is C26H23N5O2S. The second-order valence-electron chi connectivity index (χ2n) is 7.51. The minimum absolute atomic E-state index is 0.160. The van der Waals surface area contributed by atoms with Gasteiger partial charge >= 0.3 is 0 Å². The zero-order chi connectivity index (χ0) is 23.9. The van der Waals surface area contributed by atoms with Crippen LogP contribution in [-0.2, 0) is 4.79 Å². The molecule has 3 aromatic carbocycles. The largest absolute Gasteiger partial charge is 0.497 e. The molecule has 1 heterocycles. The van der Waals surface area contributed by atoms with E-state index in [0.29, 0.717) is 28.0 Å². The number of ether oxygens (including phenoxy) is 1. The lowest BCUT2D eigenvalue weighted by Gasteiger charge is -2.11. The van der Waals surface area contributed by atoms with Crippen molar-refractivity contribution in [2.24, 2.45) is 0 Å². The number of aromatic nitrogens is 3. The van der Waals surface area contributed by atoms with Crippen LogP contribution in [0.5, 0.6) is 5.75 Å². The van der Waals surface area contributed by atoms with Crippen LogP contribution in [0.25, 0.3) is 17.1 Å². The third-order valence-corrected chi connectivity index (χ3v) is 6.09. The highest BCUT2D eigenvalue weighted by atomic mass is 32.2. The van der Waals surface area contributed by atoms with Gasteiger partial charge in [-0.3, -0.25) is 9.36 Å². The number of nitriles is 1. The number of amides is 1. The maximum atomic E-state index is 12.5. The Kier molecular flexibility index (Phi) is 7.25. The molecule has 170 valence electrons. The number of hydrogen-bond donors (Lipinski definition) is 1. The van der Waals surface area contributed by atoms with E-state index < -0.39 is 0 Å². The van der Waals surface area contributed by atoms with E-state index in [1.807, 2.05) is 60.0 Å². The van der Waals surface area contributed by atoms with Crippen molar-refractivity contribution >= 4 is 23.4 Å². The quantitative estimate of drug-likeness (QED) is 0.355. The Morgan fingerprint density at radius 3 is 2.50 bits per heavy atom. The SMILES string of the molecule is COc1ccc(-c2nnc(SCCC(=O)Nc3ccccc3C#N)n2-c2ccc(C)cc2)cc1. The summed E-state index contributed by atoms with van der Waals surface area (Å²) < 4.78 is 7.26. The van der Waals surface area contributed by atoms with Gasteiger partial charge in [0.05, 0.1) is 18.4 Å². The van der Waals surface area contributed by atoms with Crippen LogP contribution in [0.2, 0.25) is 0 Å². The number of benzene rings is 3. The first-order valence-electron chi connectivity index (χ1n) is 10.7. The van der Waals surface area contributed by atoms with Gasteiger partial charge in [0, 0.05) is 23.4 Å². The van der Waals surface area contributed by atoms with Crippen molar-refractivity contribution in [3.8, 4) is 28.9 Å². The Hall–Kier alpha value is -4.09. The van der Waals surface area contributed by atoms with E-state index in [-0.39, 0.29) is 12.3 Å². The van der Waals surface area contributed by atoms with Crippen molar-refractivity contribution in [3.63, 3.8) is 0 Å². The highest BCUT2D eigenvalue weighted by molar-refractivity contribution is 7.99. The number of anilines is 1. The average Bonchev–Trinajstić information content (AvgIpc) is 3.28. The van der Waals surface area contributed by atoms with Crippen LogP contribution in [-0.4, -0.2) is 33.5 Å². The monoisotopic (exact) mass is 469 g/mol. The van der Waals surface area contributed by atoms with Crippen LogP contribution < -0.4 is 10.1 Å². The van der Waals surface area contributed by atoms with Crippen LogP contribution in [0.1, 0.15) is 17.5 Å². The molecule has 0 radical (unpaired) electrons. The Morgan fingerprint density at radius 2 is 1.79 bits per heavy atom. The predicted molar refractivity (Wildman–Crippen MR) is 133 cm³/mol. The second kappa shape index (κ2) is 10.7. The van der Waals surface area contributed by atoms with Gasteiger partial charge in [-0.15, -0.1) is 10.2 Å². The summed E-state index contributed by atoms with van der Waals surface area (Å²) in [7, 11) is 1.63. The number of aryl methyl sites for hydroxylation is 1. The molecule has 0 saturated heterocycles. The van der Waals surface area contributed by atoms with Gasteiger partial charge in [0.2, 0.25) is 5.91 Å². The molecule has 0 aliphatic rings. The standard InChI is InChI=1S/C26H23N5O2S/c1-18-7-11-21(12-8-18)31-25(19-9-13-22(33-2)14-10-19)29-30-26(31)34-16-15-24(32)28-23-6-4-3-5-20(23)17-27/h3-14H,15-16H2,1-2H3,(H,28,32). The molecule has 4 rings (SSSR count). The molecule has 0 aliphatic carbocycles. The molecule has 1 N–H and O–H groups in total. The fraction of sp³-hybridized carbons (Fsp3) is 0.154. The van der Waals surface area contributed by atoms with Gasteiger partial charge in [-0.05, 0) is 55.5 Å². The van der Waals surface area contributed by atoms with Crippen LogP contribution >= 0.6 is 11.8 Å². The normalized spacial score (nSPS) is 10.5. The first-order valence-corrected chi connectivity index (χ1v) is 11.7. The molecule has 34 heavy (non-hydrogen) atoms. The fourth-order valence-electron chi connectivity index (χ4n) is 3.35. The lowest BCUT2D eigenvalue weighted by Crippen LogP contribution is -2.13. The van der Waals surface area contributed by atoms with E-state index in [9.17, 15) is 10.1 Å². The molecule has 0 aliphatic heterocycles. The average molecular weight is 470 g/mol. The summed E-state index contributed by atoms with van der Waals surface area (Å²) >= 11 is 1.46. The summed E-state index contributed by atoms with van der Waals surface area (Å²) in [4.78, 5) is 12.5. The highest BCUT2D eigenvalue weighted by Gasteiger charge is 2.17. The first kappa shape index (κ1) is 23.1. The van der Waals surface area contributed by atoms with Crippen molar-refractivity contribution in [1.29, 1.82) is 5.26 Å². The fourth-order valence-corrected chi connectivity index (χ4v) is 4.24. The summed E-state index contributed by atoms with van der Waals surface area (Å²) in [6.07, 6.45) is 0.267. The van der Waals surface area contributed by atoms with Gasteiger partial charge in [0.1, 0.15) is 11.8 Å². The van der Waals surface area contributed by atoms with Crippen molar-refractivity contribution in [1.82, 2.24) is 14.8 Å². The number of carbonyl (C=O) groups is 1. The van der Waals surface area contributed by atoms with Crippen LogP contribution in [0.3, 0.4) is 0 Å². The lowest BCUT2D eigenvalue weighted by atomic mass is 10.2. The molecular weight excluding hydrogens is 446 g/mol. The lowest BCUT2D eigenvalue weighted by molar-refractivity contribution is -0.115. The molecule has 8 heteroatoms. The molecule has 1 amide bonds. The second-order valence-corrected chi connectivity index (χ2v) is 8.57. The number of methoxy groups -OCH3 is 1. The van der Waals surface area contributed by atoms with Crippen LogP contribution in [0, 0.1) is 18.3 Å². The number of nitrogens with one attached hydrogen (secondary N) is 1. The van der Waals surface area contributed by atoms with Gasteiger partial charge in [-0.2, -0.15) is 5.26 Å². The smallest absolute Gasteiger partial charge is 0.225 e. The van der Waals surface area contributed by atoms with E-state index in [4.69, 9.17) is 4.74 Å². The van der Waals surface area contributed by atoms with Gasteiger partial charge in [0.15, 0.2) is 11.0 Å². The summed E-state index contributed by atoms with van der Waals surface area (Å²) in [5, 5.41) is 21.6. The van der Waals surface area contributed by atoms with E-state index in [2.05, 4.69) is 21.6 Å². The third kappa shape index (κ3) is 5.27. The maximum absolute atomic E-state index is 12.5. The molecule has 1 aromatic heterocycles. The van der Waals surface area contributed by atoms with E-state index in [1.54, 1.807) is 31.4 Å². The Morgan fingerprint density at radius 1 is 1.06 bits per heavy atom. The number of carbonyl (C=O) groups excluding carboxylic acids is 1. The third-order valence-electron chi connectivity index (χ3n) is 5.16. The molecule has 0 bridgehead atoms. The van der Waals surface area contributed by atoms with Gasteiger partial charge in [0.25, 0.3) is 0 Å². The van der Waals surface area contributed by atoms with Gasteiger partial charge in [-0.25, -0.2) is 0 Å². The zero-order valence-corrected chi connectivity index (χ0v) is 19.7. The molecule has 0 spiro atoms. The van der Waals surface area contributed by atoms with Crippen LogP contribution in [0.4, 0.5) is 5.69 Å². The van der Waals surface area contributed by atoms with Crippen molar-refractivity contribution in [2.45, 2.75) is 18.5 Å². The Labute approximate surface area is 202 Å². The summed E-state index contributed by atoms with van der Waals surface area (Å²) in [5.74, 6) is 1.82. The zero-order valence-electron chi connectivity index (χ0n) is 18.9. The minimum atomic E-state index is -0.160. The van der Waals surface area contributed by atoms with Crippen LogP contribution in [0.15, 0.2) is 78.0 Å². The van der Waals surface area contributed by atoms with Crippen molar-refractivity contribution < 1.29 is 9.53 Å². The molecule has 0 saturated carbocycles. The highest BCUT2D eigenvalue weighted by Crippen LogP contribution is 2.29. The number of para-hydroxylation sites is 1. The number of hydrogen-bond acceptors (Lipinski definition) is 6. The van der Waals surface area contributed by atoms with Crippen molar-refractivity contribution in [2.75, 3.05) is 18.2 Å². The summed E-state index contributed by atoms with van der Waals surface area (Å²) in [5.41, 5.74) is 3.96. The van der Waals surface area contributed by atoms with Gasteiger partial charge < -0.3 is 10.1 Å². The molecule has 0 unspecified atom stereocenters. The molecule has 0 atom stereocenters. The Balaban J connectivity index is 1.53. The number of rotatable bonds is 8. The Bertz CT molecular complexity index is 1320. The number of nitrogens with zero attached hydrogens (tertiary/aromatic N) is 4. The van der Waals surface area contributed by atoms with Crippen molar-refractivity contribution in [3.05, 3.63) is 83.9 Å². The maximum Gasteiger partial charge on any atom is 0.225 e.